The molecule has 6 rings (SSSR count). The molecule has 1 aliphatic carbocycles. The largest absolute Gasteiger partial charge is 0.382 e. The van der Waals surface area contributed by atoms with Crippen LogP contribution in [0.2, 0.25) is 0 Å². The quantitative estimate of drug-likeness (QED) is 0.318. The predicted molar refractivity (Wildman–Crippen MR) is 133 cm³/mol. The number of anilines is 2. The van der Waals surface area contributed by atoms with Crippen LogP contribution in [0.25, 0.3) is 27.8 Å². The van der Waals surface area contributed by atoms with Gasteiger partial charge in [0.05, 0.1) is 28.5 Å². The van der Waals surface area contributed by atoms with E-state index < -0.39 is 0 Å². The molecule has 0 spiro atoms. The molecule has 10 heteroatoms. The van der Waals surface area contributed by atoms with Gasteiger partial charge in [0.2, 0.25) is 5.91 Å². The van der Waals surface area contributed by atoms with Crippen molar-refractivity contribution in [2.24, 2.45) is 5.92 Å². The normalized spacial score (nSPS) is 18.2. The lowest BCUT2D eigenvalue weighted by Gasteiger charge is -2.27. The molecule has 10 nitrogen and oxygen atoms in total. The van der Waals surface area contributed by atoms with E-state index in [-0.39, 0.29) is 23.3 Å². The van der Waals surface area contributed by atoms with Crippen molar-refractivity contribution >= 4 is 33.8 Å². The van der Waals surface area contributed by atoms with Crippen LogP contribution in [0.4, 0.5) is 11.5 Å². The first kappa shape index (κ1) is 21.1. The lowest BCUT2D eigenvalue weighted by atomic mass is 9.81. The topological polar surface area (TPSA) is 147 Å². The molecule has 5 aromatic rings. The number of amides is 1. The molecule has 0 unspecified atom stereocenters. The number of carbonyl (C=O) groups excluding carboxylic acids is 1. The number of rotatable bonds is 4. The number of fused-ring (bicyclic) bond motifs is 2. The minimum atomic E-state index is -0.164. The number of pyridine rings is 2. The second-order valence-corrected chi connectivity index (χ2v) is 8.95. The zero-order chi connectivity index (χ0) is 23.9. The van der Waals surface area contributed by atoms with Crippen LogP contribution < -0.4 is 16.6 Å². The van der Waals surface area contributed by atoms with E-state index >= 15 is 0 Å². The third-order valence-electron chi connectivity index (χ3n) is 6.81. The van der Waals surface area contributed by atoms with E-state index in [9.17, 15) is 9.59 Å². The molecule has 35 heavy (non-hydrogen) atoms. The Morgan fingerprint density at radius 2 is 2.03 bits per heavy atom. The Hall–Kier alpha value is -4.47. The molecule has 5 aromatic heterocycles. The van der Waals surface area contributed by atoms with Crippen LogP contribution in [0.1, 0.15) is 37.4 Å². The molecule has 0 bridgehead atoms. The second-order valence-electron chi connectivity index (χ2n) is 8.95. The van der Waals surface area contributed by atoms with Gasteiger partial charge in [-0.1, -0.05) is 0 Å². The van der Waals surface area contributed by atoms with Gasteiger partial charge in [-0.2, -0.15) is 0 Å². The molecule has 1 amide bonds. The number of imidazole rings is 1. The van der Waals surface area contributed by atoms with Gasteiger partial charge in [-0.25, -0.2) is 9.97 Å². The van der Waals surface area contributed by atoms with Crippen LogP contribution in [-0.2, 0) is 4.79 Å². The number of nitrogens with two attached hydrogens (primary N) is 1. The van der Waals surface area contributed by atoms with Gasteiger partial charge >= 0.3 is 0 Å². The number of nitrogens with zero attached hydrogens (tertiary/aromatic N) is 4. The van der Waals surface area contributed by atoms with Crippen LogP contribution in [0.15, 0.2) is 60.0 Å². The van der Waals surface area contributed by atoms with Crippen molar-refractivity contribution in [2.45, 2.75) is 31.6 Å². The van der Waals surface area contributed by atoms with Crippen molar-refractivity contribution in [3.8, 4) is 11.4 Å². The summed E-state index contributed by atoms with van der Waals surface area (Å²) >= 11 is 0. The number of hydrogen-bond acceptors (Lipinski definition) is 6. The fourth-order valence-corrected chi connectivity index (χ4v) is 5.05. The van der Waals surface area contributed by atoms with Crippen LogP contribution >= 0.6 is 0 Å². The van der Waals surface area contributed by atoms with Gasteiger partial charge in [0, 0.05) is 36.6 Å². The lowest BCUT2D eigenvalue weighted by molar-refractivity contribution is -0.120. The highest BCUT2D eigenvalue weighted by molar-refractivity contribution is 5.92. The van der Waals surface area contributed by atoms with Gasteiger partial charge in [0.15, 0.2) is 0 Å². The number of H-pyrrole nitrogens is 2. The molecule has 5 heterocycles. The van der Waals surface area contributed by atoms with E-state index in [0.717, 1.165) is 37.0 Å². The average molecular weight is 469 g/mol. The molecule has 176 valence electrons. The average Bonchev–Trinajstić information content (AvgIpc) is 3.48. The Bertz CT molecular complexity index is 1590. The Morgan fingerprint density at radius 3 is 2.80 bits per heavy atom. The smallest absolute Gasteiger partial charge is 0.257 e. The molecule has 5 N–H and O–H groups in total. The molecular formula is C25H24N8O2. The van der Waals surface area contributed by atoms with Crippen LogP contribution in [0.3, 0.4) is 0 Å². The monoisotopic (exact) mass is 468 g/mol. The number of aromatic amines is 2. The molecule has 0 radical (unpaired) electrons. The fourth-order valence-electron chi connectivity index (χ4n) is 5.05. The highest BCUT2D eigenvalue weighted by Crippen LogP contribution is 2.39. The zero-order valence-corrected chi connectivity index (χ0v) is 18.9. The molecule has 0 saturated heterocycles. The maximum atomic E-state index is 12.8. The summed E-state index contributed by atoms with van der Waals surface area (Å²) in [6, 6.07) is 7.26. The first-order valence-electron chi connectivity index (χ1n) is 11.6. The summed E-state index contributed by atoms with van der Waals surface area (Å²) in [5.41, 5.74) is 9.65. The Kier molecular flexibility index (Phi) is 5.05. The third kappa shape index (κ3) is 3.72. The van der Waals surface area contributed by atoms with Crippen molar-refractivity contribution in [3.05, 3.63) is 71.4 Å². The molecular weight excluding hydrogens is 444 g/mol. The standard InChI is InChI=1S/C25H24N8O2/c26-22-21-20(19-12-17-18(31-19)7-9-29-25(17)35)32-23(33(21)11-10-28-22)14-3-5-15(6-4-14)24(34)30-16-2-1-8-27-13-16/h1-2,7-15,31H,3-6H2,(H2,26,28)(H,29,35)(H,30,34)/t14-,15-. The second kappa shape index (κ2) is 8.39. The Morgan fingerprint density at radius 1 is 1.17 bits per heavy atom. The van der Waals surface area contributed by atoms with E-state index in [4.69, 9.17) is 10.7 Å². The summed E-state index contributed by atoms with van der Waals surface area (Å²) < 4.78 is 1.99. The number of carbonyl (C=O) groups is 1. The maximum Gasteiger partial charge on any atom is 0.257 e. The molecule has 1 fully saturated rings. The highest BCUT2D eigenvalue weighted by Gasteiger charge is 2.31. The van der Waals surface area contributed by atoms with E-state index in [1.54, 1.807) is 36.9 Å². The highest BCUT2D eigenvalue weighted by atomic mass is 16.2. The molecule has 0 aliphatic heterocycles. The van der Waals surface area contributed by atoms with E-state index in [0.29, 0.717) is 33.8 Å². The summed E-state index contributed by atoms with van der Waals surface area (Å²) in [4.78, 5) is 44.3. The van der Waals surface area contributed by atoms with Crippen LogP contribution in [0.5, 0.6) is 0 Å². The fraction of sp³-hybridized carbons (Fsp3) is 0.240. The molecule has 1 saturated carbocycles. The summed E-state index contributed by atoms with van der Waals surface area (Å²) in [7, 11) is 0. The Labute approximate surface area is 199 Å². The maximum absolute atomic E-state index is 12.8. The van der Waals surface area contributed by atoms with Gasteiger partial charge in [0.25, 0.3) is 5.56 Å². The van der Waals surface area contributed by atoms with Crippen molar-refractivity contribution in [2.75, 3.05) is 11.1 Å². The first-order chi connectivity index (χ1) is 17.1. The summed E-state index contributed by atoms with van der Waals surface area (Å²) in [6.07, 6.45) is 11.7. The Balaban J connectivity index is 1.30. The van der Waals surface area contributed by atoms with Crippen molar-refractivity contribution in [1.82, 2.24) is 29.3 Å². The van der Waals surface area contributed by atoms with E-state index in [1.165, 1.54) is 0 Å². The van der Waals surface area contributed by atoms with Crippen molar-refractivity contribution in [1.29, 1.82) is 0 Å². The molecule has 0 aromatic carbocycles. The van der Waals surface area contributed by atoms with Gasteiger partial charge in [-0.15, -0.1) is 0 Å². The third-order valence-corrected chi connectivity index (χ3v) is 6.81. The SMILES string of the molecule is Nc1nccn2c1c(-c1cc3c(=O)[nH]ccc3[nH]1)nc2[C@H]1CC[C@H](C(=O)Nc2cccnc2)CC1. The molecule has 0 atom stereocenters. The molecule has 1 aliphatic rings. The zero-order valence-electron chi connectivity index (χ0n) is 18.9. The number of nitrogens with one attached hydrogen (secondary N) is 3. The van der Waals surface area contributed by atoms with Gasteiger partial charge in [-0.05, 0) is 49.9 Å². The summed E-state index contributed by atoms with van der Waals surface area (Å²) in [5.74, 6) is 1.42. The number of hydrogen-bond donors (Lipinski definition) is 4. The van der Waals surface area contributed by atoms with Gasteiger partial charge in [-0.3, -0.25) is 19.0 Å². The van der Waals surface area contributed by atoms with Crippen LogP contribution in [0, 0.1) is 5.92 Å². The number of nitrogen functional groups attached to an aromatic ring is 1. The number of aromatic nitrogens is 6. The van der Waals surface area contributed by atoms with Crippen molar-refractivity contribution < 1.29 is 4.79 Å². The van der Waals surface area contributed by atoms with Gasteiger partial charge < -0.3 is 21.0 Å². The summed E-state index contributed by atoms with van der Waals surface area (Å²) in [6.45, 7) is 0. The van der Waals surface area contributed by atoms with Gasteiger partial charge in [0.1, 0.15) is 22.9 Å². The lowest BCUT2D eigenvalue weighted by Crippen LogP contribution is -2.27. The first-order valence-corrected chi connectivity index (χ1v) is 11.6. The van der Waals surface area contributed by atoms with E-state index in [1.807, 2.05) is 22.7 Å². The van der Waals surface area contributed by atoms with Crippen LogP contribution in [-0.4, -0.2) is 35.2 Å². The van der Waals surface area contributed by atoms with E-state index in [2.05, 4.69) is 25.3 Å². The predicted octanol–water partition coefficient (Wildman–Crippen LogP) is 3.46. The van der Waals surface area contributed by atoms with Crippen molar-refractivity contribution in [3.63, 3.8) is 0 Å². The summed E-state index contributed by atoms with van der Waals surface area (Å²) in [5, 5.41) is 3.53. The minimum absolute atomic E-state index is 0.0295. The minimum Gasteiger partial charge on any atom is -0.382 e.